The smallest absolute Gasteiger partial charge is 0.144 e. The first-order valence-corrected chi connectivity index (χ1v) is 5.50. The van der Waals surface area contributed by atoms with Crippen LogP contribution in [0.25, 0.3) is 0 Å². The Hall–Kier alpha value is -1.54. The summed E-state index contributed by atoms with van der Waals surface area (Å²) < 4.78 is 1.76. The van der Waals surface area contributed by atoms with Gasteiger partial charge in [-0.15, -0.1) is 0 Å². The summed E-state index contributed by atoms with van der Waals surface area (Å²) in [5, 5.41) is 22.8. The van der Waals surface area contributed by atoms with E-state index in [0.29, 0.717) is 5.56 Å². The quantitative estimate of drug-likeness (QED) is 0.751. The first kappa shape index (κ1) is 11.0. The van der Waals surface area contributed by atoms with Crippen LogP contribution in [0.15, 0.2) is 0 Å². The van der Waals surface area contributed by atoms with E-state index < -0.39 is 0 Å². The highest BCUT2D eigenvalue weighted by Crippen LogP contribution is 2.25. The summed E-state index contributed by atoms with van der Waals surface area (Å²) in [5.74, 6) is 0.881. The van der Waals surface area contributed by atoms with Gasteiger partial charge in [0.25, 0.3) is 0 Å². The molecule has 0 atom stereocenters. The van der Waals surface area contributed by atoms with Gasteiger partial charge in [-0.05, 0) is 19.8 Å². The molecule has 1 aromatic rings. The fraction of sp³-hybridized carbons (Fsp3) is 0.636. The van der Waals surface area contributed by atoms with Gasteiger partial charge >= 0.3 is 0 Å². The number of rotatable bonds is 1. The van der Waals surface area contributed by atoms with Crippen LogP contribution in [-0.2, 0) is 7.05 Å². The number of hydrogen-bond donors (Lipinski definition) is 1. The number of hydrogen-bond acceptors (Lipinski definition) is 4. The molecule has 5 heteroatoms. The van der Waals surface area contributed by atoms with Gasteiger partial charge in [-0.3, -0.25) is 4.68 Å². The maximum Gasteiger partial charge on any atom is 0.144 e. The van der Waals surface area contributed by atoms with Crippen LogP contribution in [0.3, 0.4) is 0 Å². The summed E-state index contributed by atoms with van der Waals surface area (Å²) >= 11 is 0. The second-order valence-corrected chi connectivity index (χ2v) is 4.24. The molecule has 0 unspecified atom stereocenters. The second-order valence-electron chi connectivity index (χ2n) is 4.24. The van der Waals surface area contributed by atoms with E-state index >= 15 is 0 Å². The zero-order valence-corrected chi connectivity index (χ0v) is 9.64. The van der Waals surface area contributed by atoms with Crippen LogP contribution < -0.4 is 4.90 Å². The molecular weight excluding hydrogens is 204 g/mol. The largest absolute Gasteiger partial charge is 0.393 e. The Morgan fingerprint density at radius 3 is 2.62 bits per heavy atom. The molecule has 0 amide bonds. The molecule has 0 aromatic carbocycles. The van der Waals surface area contributed by atoms with E-state index in [1.54, 1.807) is 4.68 Å². The zero-order chi connectivity index (χ0) is 11.7. The van der Waals surface area contributed by atoms with E-state index in [2.05, 4.69) is 16.1 Å². The third-order valence-electron chi connectivity index (χ3n) is 3.07. The minimum Gasteiger partial charge on any atom is -0.393 e. The van der Waals surface area contributed by atoms with Crippen molar-refractivity contribution < 1.29 is 5.11 Å². The van der Waals surface area contributed by atoms with Crippen LogP contribution in [0.2, 0.25) is 0 Å². The first-order chi connectivity index (χ1) is 7.63. The summed E-state index contributed by atoms with van der Waals surface area (Å²) in [4.78, 5) is 2.13. The van der Waals surface area contributed by atoms with Crippen LogP contribution in [0.1, 0.15) is 24.1 Å². The molecule has 1 saturated heterocycles. The lowest BCUT2D eigenvalue weighted by Crippen LogP contribution is -2.37. The predicted molar refractivity (Wildman–Crippen MR) is 60.1 cm³/mol. The average Bonchev–Trinajstić information content (AvgIpc) is 2.54. The monoisotopic (exact) mass is 220 g/mol. The van der Waals surface area contributed by atoms with Crippen molar-refractivity contribution in [3.8, 4) is 6.07 Å². The lowest BCUT2D eigenvalue weighted by atomic mass is 10.1. The van der Waals surface area contributed by atoms with Crippen LogP contribution in [-0.4, -0.2) is 34.1 Å². The Bertz CT molecular complexity index is 424. The van der Waals surface area contributed by atoms with Crippen molar-refractivity contribution in [3.05, 3.63) is 11.3 Å². The van der Waals surface area contributed by atoms with Crippen molar-refractivity contribution in [1.82, 2.24) is 9.78 Å². The number of aryl methyl sites for hydroxylation is 2. The number of nitriles is 1. The first-order valence-electron chi connectivity index (χ1n) is 5.50. The molecule has 0 aliphatic carbocycles. The van der Waals surface area contributed by atoms with Crippen molar-refractivity contribution in [2.24, 2.45) is 7.05 Å². The van der Waals surface area contributed by atoms with Crippen molar-refractivity contribution in [2.45, 2.75) is 25.9 Å². The normalized spacial score (nSPS) is 17.5. The van der Waals surface area contributed by atoms with Gasteiger partial charge < -0.3 is 10.0 Å². The maximum absolute atomic E-state index is 9.46. The molecule has 16 heavy (non-hydrogen) atoms. The molecule has 5 nitrogen and oxygen atoms in total. The molecule has 2 rings (SSSR count). The number of nitrogens with zero attached hydrogens (tertiary/aromatic N) is 4. The Kier molecular flexibility index (Phi) is 2.84. The van der Waals surface area contributed by atoms with Crippen molar-refractivity contribution in [1.29, 1.82) is 5.26 Å². The van der Waals surface area contributed by atoms with Gasteiger partial charge in [-0.2, -0.15) is 10.4 Å². The van der Waals surface area contributed by atoms with E-state index in [1.807, 2.05) is 14.0 Å². The fourth-order valence-corrected chi connectivity index (χ4v) is 2.22. The van der Waals surface area contributed by atoms with Gasteiger partial charge in [0.15, 0.2) is 0 Å². The number of piperidine rings is 1. The van der Waals surface area contributed by atoms with Crippen molar-refractivity contribution >= 4 is 5.82 Å². The second kappa shape index (κ2) is 4.14. The van der Waals surface area contributed by atoms with E-state index in [-0.39, 0.29) is 6.10 Å². The highest BCUT2D eigenvalue weighted by atomic mass is 16.3. The molecule has 2 heterocycles. The Morgan fingerprint density at radius 1 is 1.44 bits per heavy atom. The highest BCUT2D eigenvalue weighted by Gasteiger charge is 2.23. The lowest BCUT2D eigenvalue weighted by molar-refractivity contribution is 0.145. The molecule has 0 radical (unpaired) electrons. The predicted octanol–water partition coefficient (Wildman–Crippen LogP) is 0.561. The van der Waals surface area contributed by atoms with Gasteiger partial charge in [0.1, 0.15) is 17.5 Å². The molecule has 1 fully saturated rings. The average molecular weight is 220 g/mol. The molecule has 0 saturated carbocycles. The standard InChI is InChI=1S/C11H16N4O/c1-8-10(7-12)11(14(2)13-8)15-5-3-9(16)4-6-15/h9,16H,3-6H2,1-2H3. The Balaban J connectivity index is 2.30. The molecule has 1 aliphatic heterocycles. The van der Waals surface area contributed by atoms with Gasteiger partial charge in [0.2, 0.25) is 0 Å². The van der Waals surface area contributed by atoms with E-state index in [1.165, 1.54) is 0 Å². The molecule has 1 N–H and O–H groups in total. The minimum absolute atomic E-state index is 0.198. The van der Waals surface area contributed by atoms with E-state index in [9.17, 15) is 5.11 Å². The van der Waals surface area contributed by atoms with E-state index in [4.69, 9.17) is 5.26 Å². The Labute approximate surface area is 94.9 Å². The highest BCUT2D eigenvalue weighted by molar-refractivity contribution is 5.57. The number of aliphatic hydroxyl groups excluding tert-OH is 1. The molecule has 86 valence electrons. The molecule has 0 bridgehead atoms. The minimum atomic E-state index is -0.198. The van der Waals surface area contributed by atoms with Gasteiger partial charge in [-0.1, -0.05) is 0 Å². The zero-order valence-electron chi connectivity index (χ0n) is 9.64. The van der Waals surface area contributed by atoms with E-state index in [0.717, 1.165) is 37.4 Å². The number of aliphatic hydroxyl groups is 1. The summed E-state index contributed by atoms with van der Waals surface area (Å²) in [5.41, 5.74) is 1.42. The third kappa shape index (κ3) is 1.76. The van der Waals surface area contributed by atoms with Gasteiger partial charge in [0, 0.05) is 20.1 Å². The molecule has 1 aliphatic rings. The topological polar surface area (TPSA) is 65.1 Å². The lowest BCUT2D eigenvalue weighted by Gasteiger charge is -2.31. The molecule has 0 spiro atoms. The number of anilines is 1. The fourth-order valence-electron chi connectivity index (χ4n) is 2.22. The van der Waals surface area contributed by atoms with Gasteiger partial charge in [-0.25, -0.2) is 0 Å². The van der Waals surface area contributed by atoms with Crippen LogP contribution >= 0.6 is 0 Å². The number of aromatic nitrogens is 2. The third-order valence-corrected chi connectivity index (χ3v) is 3.07. The molecular formula is C11H16N4O. The van der Waals surface area contributed by atoms with Crippen LogP contribution in [0, 0.1) is 18.3 Å². The maximum atomic E-state index is 9.46. The van der Waals surface area contributed by atoms with Gasteiger partial charge in [0.05, 0.1) is 11.8 Å². The Morgan fingerprint density at radius 2 is 2.06 bits per heavy atom. The molecule has 1 aromatic heterocycles. The summed E-state index contributed by atoms with van der Waals surface area (Å²) in [6.07, 6.45) is 1.32. The summed E-state index contributed by atoms with van der Waals surface area (Å²) in [6.45, 7) is 3.42. The summed E-state index contributed by atoms with van der Waals surface area (Å²) in [7, 11) is 1.86. The van der Waals surface area contributed by atoms with Crippen LogP contribution in [0.5, 0.6) is 0 Å². The van der Waals surface area contributed by atoms with Crippen molar-refractivity contribution in [2.75, 3.05) is 18.0 Å². The van der Waals surface area contributed by atoms with Crippen LogP contribution in [0.4, 0.5) is 5.82 Å². The SMILES string of the molecule is Cc1nn(C)c(N2CCC(O)CC2)c1C#N. The van der Waals surface area contributed by atoms with Crippen molar-refractivity contribution in [3.63, 3.8) is 0 Å². The summed E-state index contributed by atoms with van der Waals surface area (Å²) in [6, 6.07) is 2.21.